The maximum Gasteiger partial charge on any atom is 0.119 e. The van der Waals surface area contributed by atoms with E-state index in [2.05, 4.69) is 114 Å². The molecule has 0 spiro atoms. The standard InChI is InChI=1S/C20H26O3.C19H22O2.C4H8O2/c1-15-5-7-16(8-6-15)20(2,3)17-9-11-19(12-10-17)23-14-18(21)13-22-4;1-14-4-6-15(7-5-14)19(2,3)16-8-10-17(11-9-16)20-12-18-13-21-18;1-5-2-4-3-6-4/h5-12,18,21H,13-14H2,1-4H3;4-11,18H,12-13H2,1-3H3;4H,2-3H2,1H3. The van der Waals surface area contributed by atoms with E-state index in [9.17, 15) is 5.11 Å². The number of methoxy groups -OCH3 is 2. The van der Waals surface area contributed by atoms with E-state index >= 15 is 0 Å². The van der Waals surface area contributed by atoms with Crippen LogP contribution in [0.3, 0.4) is 0 Å². The highest BCUT2D eigenvalue weighted by Gasteiger charge is 2.25. The summed E-state index contributed by atoms with van der Waals surface area (Å²) in [6.07, 6.45) is 0.118. The summed E-state index contributed by atoms with van der Waals surface area (Å²) in [6, 6.07) is 33.9. The highest BCUT2D eigenvalue weighted by molar-refractivity contribution is 5.42. The van der Waals surface area contributed by atoms with Crippen LogP contribution in [0.1, 0.15) is 61.1 Å². The van der Waals surface area contributed by atoms with Gasteiger partial charge in [-0.15, -0.1) is 0 Å². The lowest BCUT2D eigenvalue weighted by Gasteiger charge is -2.26. The Balaban J connectivity index is 0.000000193. The van der Waals surface area contributed by atoms with Crippen LogP contribution in [-0.2, 0) is 29.8 Å². The van der Waals surface area contributed by atoms with Gasteiger partial charge in [0.2, 0.25) is 0 Å². The number of epoxide rings is 2. The van der Waals surface area contributed by atoms with Gasteiger partial charge in [-0.1, -0.05) is 112 Å². The Morgan fingerprint density at radius 2 is 0.920 bits per heavy atom. The minimum Gasteiger partial charge on any atom is -0.491 e. The van der Waals surface area contributed by atoms with E-state index in [-0.39, 0.29) is 24.0 Å². The van der Waals surface area contributed by atoms with Crippen molar-refractivity contribution in [3.8, 4) is 11.5 Å². The Bertz CT molecular complexity index is 1540. The molecule has 270 valence electrons. The largest absolute Gasteiger partial charge is 0.491 e. The zero-order valence-corrected chi connectivity index (χ0v) is 31.1. The second-order valence-corrected chi connectivity index (χ2v) is 14.1. The number of aryl methyl sites for hydroxylation is 2. The number of ether oxygens (including phenoxy) is 6. The van der Waals surface area contributed by atoms with E-state index in [1.807, 2.05) is 24.3 Å². The molecule has 2 aliphatic heterocycles. The molecular weight excluding hydrogens is 628 g/mol. The minimum atomic E-state index is -0.608. The van der Waals surface area contributed by atoms with E-state index in [4.69, 9.17) is 28.4 Å². The highest BCUT2D eigenvalue weighted by atomic mass is 16.6. The fraction of sp³-hybridized carbons (Fsp3) is 0.442. The van der Waals surface area contributed by atoms with Crippen molar-refractivity contribution in [3.63, 3.8) is 0 Å². The van der Waals surface area contributed by atoms with Gasteiger partial charge in [-0.25, -0.2) is 0 Å². The van der Waals surface area contributed by atoms with Gasteiger partial charge in [-0.2, -0.15) is 0 Å². The number of rotatable bonds is 14. The van der Waals surface area contributed by atoms with Gasteiger partial charge in [-0.3, -0.25) is 0 Å². The lowest BCUT2D eigenvalue weighted by atomic mass is 9.78. The van der Waals surface area contributed by atoms with Crippen LogP contribution >= 0.6 is 0 Å². The third-order valence-corrected chi connectivity index (χ3v) is 9.09. The van der Waals surface area contributed by atoms with Crippen molar-refractivity contribution >= 4 is 0 Å². The van der Waals surface area contributed by atoms with Crippen molar-refractivity contribution in [1.29, 1.82) is 0 Å². The number of benzene rings is 4. The second-order valence-electron chi connectivity index (χ2n) is 14.1. The van der Waals surface area contributed by atoms with Crippen LogP contribution in [0.2, 0.25) is 0 Å². The molecule has 6 rings (SSSR count). The van der Waals surface area contributed by atoms with Crippen LogP contribution in [0.4, 0.5) is 0 Å². The van der Waals surface area contributed by atoms with Crippen molar-refractivity contribution in [2.24, 2.45) is 0 Å². The number of aliphatic hydroxyl groups is 1. The lowest BCUT2D eigenvalue weighted by molar-refractivity contribution is 0.0325. The third-order valence-electron chi connectivity index (χ3n) is 9.09. The Hall–Kier alpha value is -3.72. The van der Waals surface area contributed by atoms with Crippen molar-refractivity contribution in [1.82, 2.24) is 0 Å². The second kappa shape index (κ2) is 18.5. The van der Waals surface area contributed by atoms with Crippen molar-refractivity contribution in [3.05, 3.63) is 130 Å². The van der Waals surface area contributed by atoms with Gasteiger partial charge < -0.3 is 33.5 Å². The van der Waals surface area contributed by atoms with Gasteiger partial charge in [0, 0.05) is 25.0 Å². The molecule has 0 aromatic heterocycles. The Labute approximate surface area is 299 Å². The SMILES string of the molecule is COCC(O)COc1ccc(C(C)(C)c2ccc(C)cc2)cc1.COCC1CO1.Cc1ccc(C(C)(C)c2ccc(OCC3CO3)cc2)cc1. The minimum absolute atomic E-state index is 0.00810. The molecule has 0 amide bonds. The van der Waals surface area contributed by atoms with Crippen LogP contribution in [0.25, 0.3) is 0 Å². The Morgan fingerprint density at radius 1 is 0.560 bits per heavy atom. The van der Waals surface area contributed by atoms with Gasteiger partial charge in [0.05, 0.1) is 26.4 Å². The summed E-state index contributed by atoms with van der Waals surface area (Å²) in [5.41, 5.74) is 7.62. The topological polar surface area (TPSA) is 82.2 Å². The fourth-order valence-electron chi connectivity index (χ4n) is 5.35. The lowest BCUT2D eigenvalue weighted by Crippen LogP contribution is -2.22. The average Bonchev–Trinajstić information content (AvgIpc) is 4.05. The molecule has 2 saturated heterocycles. The molecule has 2 aliphatic rings. The first-order valence-corrected chi connectivity index (χ1v) is 17.4. The maximum atomic E-state index is 9.62. The highest BCUT2D eigenvalue weighted by Crippen LogP contribution is 2.34. The first kappa shape index (κ1) is 39.1. The van der Waals surface area contributed by atoms with Gasteiger partial charge in [0.1, 0.15) is 43.0 Å². The molecule has 0 aliphatic carbocycles. The molecule has 4 aromatic carbocycles. The van der Waals surface area contributed by atoms with Crippen molar-refractivity contribution < 1.29 is 33.5 Å². The van der Waals surface area contributed by atoms with E-state index in [1.165, 1.54) is 33.4 Å². The predicted molar refractivity (Wildman–Crippen MR) is 200 cm³/mol. The maximum absolute atomic E-state index is 9.62. The quantitative estimate of drug-likeness (QED) is 0.136. The van der Waals surface area contributed by atoms with Gasteiger partial charge in [-0.05, 0) is 60.4 Å². The molecule has 0 saturated carbocycles. The van der Waals surface area contributed by atoms with Crippen molar-refractivity contribution in [2.45, 2.75) is 70.7 Å². The van der Waals surface area contributed by atoms with Crippen LogP contribution in [-0.4, -0.2) is 77.3 Å². The summed E-state index contributed by atoms with van der Waals surface area (Å²) in [7, 11) is 3.24. The van der Waals surface area contributed by atoms with Gasteiger partial charge in [0.15, 0.2) is 0 Å². The molecule has 4 aromatic rings. The van der Waals surface area contributed by atoms with Gasteiger partial charge >= 0.3 is 0 Å². The normalized spacial score (nSPS) is 17.0. The monoisotopic (exact) mass is 684 g/mol. The molecule has 7 heteroatoms. The average molecular weight is 685 g/mol. The molecule has 3 atom stereocenters. The molecule has 7 nitrogen and oxygen atoms in total. The first-order chi connectivity index (χ1) is 23.9. The zero-order chi connectivity index (χ0) is 36.1. The van der Waals surface area contributed by atoms with Crippen LogP contribution in [0, 0.1) is 13.8 Å². The molecule has 1 N–H and O–H groups in total. The summed E-state index contributed by atoms with van der Waals surface area (Å²) in [5.74, 6) is 1.66. The summed E-state index contributed by atoms with van der Waals surface area (Å²) in [6.45, 7) is 16.8. The Kier molecular flexibility index (Phi) is 14.5. The predicted octanol–water partition coefficient (Wildman–Crippen LogP) is 7.84. The van der Waals surface area contributed by atoms with Crippen molar-refractivity contribution in [2.75, 3.05) is 53.9 Å². The molecule has 50 heavy (non-hydrogen) atoms. The first-order valence-electron chi connectivity index (χ1n) is 17.4. The number of aliphatic hydroxyl groups excluding tert-OH is 1. The number of hydrogen-bond donors (Lipinski definition) is 1. The third kappa shape index (κ3) is 12.3. The zero-order valence-electron chi connectivity index (χ0n) is 31.1. The Morgan fingerprint density at radius 3 is 1.26 bits per heavy atom. The molecule has 0 bridgehead atoms. The van der Waals surface area contributed by atoms with Gasteiger partial charge in [0.25, 0.3) is 0 Å². The summed E-state index contributed by atoms with van der Waals surface area (Å²) < 4.78 is 30.9. The van der Waals surface area contributed by atoms with Crippen LogP contribution < -0.4 is 9.47 Å². The summed E-state index contributed by atoms with van der Waals surface area (Å²) in [4.78, 5) is 0. The molecule has 2 heterocycles. The van der Waals surface area contributed by atoms with Crippen LogP contribution in [0.15, 0.2) is 97.1 Å². The van der Waals surface area contributed by atoms with Crippen LogP contribution in [0.5, 0.6) is 11.5 Å². The summed E-state index contributed by atoms with van der Waals surface area (Å²) in [5, 5.41) is 9.62. The molecule has 2 fully saturated rings. The molecule has 0 radical (unpaired) electrons. The van der Waals surface area contributed by atoms with E-state index in [0.29, 0.717) is 18.8 Å². The fourth-order valence-corrected chi connectivity index (χ4v) is 5.35. The van der Waals surface area contributed by atoms with E-state index < -0.39 is 6.10 Å². The smallest absolute Gasteiger partial charge is 0.119 e. The molecular formula is C43H56O7. The van der Waals surface area contributed by atoms with E-state index in [0.717, 1.165) is 31.3 Å². The number of hydrogen-bond acceptors (Lipinski definition) is 7. The summed E-state index contributed by atoms with van der Waals surface area (Å²) >= 11 is 0. The molecule has 3 unspecified atom stereocenters. The van der Waals surface area contributed by atoms with E-state index in [1.54, 1.807) is 14.2 Å².